The van der Waals surface area contributed by atoms with Gasteiger partial charge in [-0.25, -0.2) is 0 Å². The van der Waals surface area contributed by atoms with Gasteiger partial charge in [0.05, 0.1) is 0 Å². The lowest BCUT2D eigenvalue weighted by Gasteiger charge is -2.42. The summed E-state index contributed by atoms with van der Waals surface area (Å²) in [6, 6.07) is 1.67. The molecule has 17 heavy (non-hydrogen) atoms. The molecule has 0 aromatic heterocycles. The van der Waals surface area contributed by atoms with Gasteiger partial charge in [-0.05, 0) is 70.5 Å². The predicted molar refractivity (Wildman–Crippen MR) is 74.2 cm³/mol. The summed E-state index contributed by atoms with van der Waals surface area (Å²) in [5.41, 5.74) is 0. The third-order valence-electron chi connectivity index (χ3n) is 5.03. The number of nitrogens with one attached hydrogen (secondary N) is 1. The minimum Gasteiger partial charge on any atom is -0.317 e. The normalized spacial score (nSPS) is 40.2. The van der Waals surface area contributed by atoms with E-state index in [-0.39, 0.29) is 0 Å². The van der Waals surface area contributed by atoms with Crippen LogP contribution in [0.25, 0.3) is 0 Å². The molecule has 0 bridgehead atoms. The Bertz CT molecular complexity index is 221. The molecule has 1 N–H and O–H groups in total. The molecule has 2 aliphatic rings. The quantitative estimate of drug-likeness (QED) is 0.796. The lowest BCUT2D eigenvalue weighted by molar-refractivity contribution is 0.0748. The van der Waals surface area contributed by atoms with Gasteiger partial charge in [-0.15, -0.1) is 0 Å². The number of hydrogen-bond donors (Lipinski definition) is 1. The first-order valence-electron chi connectivity index (χ1n) is 7.61. The molecule has 2 rings (SSSR count). The van der Waals surface area contributed by atoms with Crippen molar-refractivity contribution in [1.29, 1.82) is 0 Å². The van der Waals surface area contributed by atoms with Crippen LogP contribution in [0.4, 0.5) is 0 Å². The van der Waals surface area contributed by atoms with Gasteiger partial charge in [-0.2, -0.15) is 0 Å². The molecule has 1 aliphatic heterocycles. The van der Waals surface area contributed by atoms with Gasteiger partial charge in [0.15, 0.2) is 0 Å². The first-order valence-corrected chi connectivity index (χ1v) is 7.61. The molecule has 1 saturated heterocycles. The second kappa shape index (κ2) is 6.19. The van der Waals surface area contributed by atoms with Crippen LogP contribution in [0, 0.1) is 11.8 Å². The molecule has 0 aromatic carbocycles. The first-order chi connectivity index (χ1) is 8.18. The van der Waals surface area contributed by atoms with Crippen LogP contribution in [0.2, 0.25) is 0 Å². The summed E-state index contributed by atoms with van der Waals surface area (Å²) in [5.74, 6) is 1.84. The predicted octanol–water partition coefficient (Wildman–Crippen LogP) is 2.89. The summed E-state index contributed by atoms with van der Waals surface area (Å²) in [5, 5.41) is 3.53. The number of hydrogen-bond acceptors (Lipinski definition) is 2. The zero-order valence-electron chi connectivity index (χ0n) is 11.9. The van der Waals surface area contributed by atoms with Crippen molar-refractivity contribution in [3.05, 3.63) is 0 Å². The van der Waals surface area contributed by atoms with Crippen molar-refractivity contribution in [3.8, 4) is 0 Å². The van der Waals surface area contributed by atoms with Crippen LogP contribution in [0.3, 0.4) is 0 Å². The monoisotopic (exact) mass is 238 g/mol. The van der Waals surface area contributed by atoms with Gasteiger partial charge in [0, 0.05) is 12.1 Å². The van der Waals surface area contributed by atoms with E-state index in [4.69, 9.17) is 0 Å². The molecule has 0 spiro atoms. The van der Waals surface area contributed by atoms with E-state index in [9.17, 15) is 0 Å². The minimum absolute atomic E-state index is 0.825. The van der Waals surface area contributed by atoms with Gasteiger partial charge >= 0.3 is 0 Å². The molecule has 100 valence electrons. The third-order valence-corrected chi connectivity index (χ3v) is 5.03. The van der Waals surface area contributed by atoms with E-state index < -0.39 is 0 Å². The summed E-state index contributed by atoms with van der Waals surface area (Å²) in [7, 11) is 2.38. The Hall–Kier alpha value is -0.0800. The van der Waals surface area contributed by atoms with Crippen molar-refractivity contribution in [2.24, 2.45) is 11.8 Å². The van der Waals surface area contributed by atoms with Crippen LogP contribution in [0.5, 0.6) is 0 Å². The largest absolute Gasteiger partial charge is 0.317 e. The Morgan fingerprint density at radius 2 is 1.82 bits per heavy atom. The van der Waals surface area contributed by atoms with Crippen LogP contribution in [-0.2, 0) is 0 Å². The van der Waals surface area contributed by atoms with Crippen LogP contribution >= 0.6 is 0 Å². The molecule has 0 radical (unpaired) electrons. The Morgan fingerprint density at radius 3 is 2.59 bits per heavy atom. The van der Waals surface area contributed by atoms with Gasteiger partial charge in [-0.1, -0.05) is 13.8 Å². The fraction of sp³-hybridized carbons (Fsp3) is 1.00. The fourth-order valence-electron chi connectivity index (χ4n) is 3.93. The molecule has 2 fully saturated rings. The number of rotatable bonds is 2. The second-order valence-corrected chi connectivity index (χ2v) is 6.46. The van der Waals surface area contributed by atoms with Crippen molar-refractivity contribution < 1.29 is 0 Å². The van der Waals surface area contributed by atoms with Crippen molar-refractivity contribution in [2.75, 3.05) is 20.1 Å². The van der Waals surface area contributed by atoms with Gasteiger partial charge in [0.25, 0.3) is 0 Å². The standard InChI is InChI=1S/C15H30N2/c1-12-6-7-15(13(2)11-12)17(3)14-5-4-9-16-10-8-14/h12-16H,4-11H2,1-3H3. The maximum atomic E-state index is 3.53. The molecule has 1 aliphatic carbocycles. The van der Waals surface area contributed by atoms with Crippen LogP contribution in [0.1, 0.15) is 52.4 Å². The highest BCUT2D eigenvalue weighted by molar-refractivity contribution is 4.86. The van der Waals surface area contributed by atoms with Gasteiger partial charge in [0.2, 0.25) is 0 Å². The second-order valence-electron chi connectivity index (χ2n) is 6.46. The van der Waals surface area contributed by atoms with E-state index >= 15 is 0 Å². The van der Waals surface area contributed by atoms with Crippen molar-refractivity contribution in [2.45, 2.75) is 64.5 Å². The summed E-state index contributed by atoms with van der Waals surface area (Å²) in [6.45, 7) is 7.32. The highest BCUT2D eigenvalue weighted by atomic mass is 15.2. The van der Waals surface area contributed by atoms with E-state index in [1.807, 2.05) is 0 Å². The van der Waals surface area contributed by atoms with Gasteiger partial charge in [-0.3, -0.25) is 0 Å². The summed E-state index contributed by atoms with van der Waals surface area (Å²) >= 11 is 0. The SMILES string of the molecule is CC1CCC(N(C)C2CCCNCC2)C(C)C1. The molecule has 2 heteroatoms. The molecule has 1 heterocycles. The van der Waals surface area contributed by atoms with Gasteiger partial charge in [0.1, 0.15) is 0 Å². The molecule has 4 unspecified atom stereocenters. The van der Waals surface area contributed by atoms with E-state index in [1.54, 1.807) is 0 Å². The zero-order valence-corrected chi connectivity index (χ0v) is 11.9. The summed E-state index contributed by atoms with van der Waals surface area (Å²) in [4.78, 5) is 2.73. The molecule has 1 saturated carbocycles. The summed E-state index contributed by atoms with van der Waals surface area (Å²) < 4.78 is 0. The molecule has 0 aromatic rings. The van der Waals surface area contributed by atoms with Crippen molar-refractivity contribution >= 4 is 0 Å². The average Bonchev–Trinajstić information content (AvgIpc) is 2.56. The van der Waals surface area contributed by atoms with E-state index in [0.29, 0.717) is 0 Å². The minimum atomic E-state index is 0.825. The third kappa shape index (κ3) is 3.45. The Morgan fingerprint density at radius 1 is 1.00 bits per heavy atom. The molecule has 2 nitrogen and oxygen atoms in total. The smallest absolute Gasteiger partial charge is 0.0121 e. The maximum absolute atomic E-state index is 3.53. The number of nitrogens with zero attached hydrogens (tertiary/aromatic N) is 1. The highest BCUT2D eigenvalue weighted by Crippen LogP contribution is 2.33. The average molecular weight is 238 g/mol. The van der Waals surface area contributed by atoms with Crippen LogP contribution < -0.4 is 5.32 Å². The molecular formula is C15H30N2. The van der Waals surface area contributed by atoms with Crippen LogP contribution in [-0.4, -0.2) is 37.1 Å². The maximum Gasteiger partial charge on any atom is 0.0121 e. The Kier molecular flexibility index (Phi) is 4.87. The van der Waals surface area contributed by atoms with E-state index in [1.165, 1.54) is 51.6 Å². The summed E-state index contributed by atoms with van der Waals surface area (Å²) in [6.07, 6.45) is 8.37. The van der Waals surface area contributed by atoms with E-state index in [2.05, 4.69) is 31.1 Å². The highest BCUT2D eigenvalue weighted by Gasteiger charge is 2.31. The molecule has 0 amide bonds. The van der Waals surface area contributed by atoms with E-state index in [0.717, 1.165) is 23.9 Å². The Balaban J connectivity index is 1.91. The van der Waals surface area contributed by atoms with Crippen molar-refractivity contribution in [3.63, 3.8) is 0 Å². The zero-order chi connectivity index (χ0) is 12.3. The Labute approximate surface area is 107 Å². The first kappa shape index (κ1) is 13.4. The molecular weight excluding hydrogens is 208 g/mol. The van der Waals surface area contributed by atoms with Crippen LogP contribution in [0.15, 0.2) is 0 Å². The fourth-order valence-corrected chi connectivity index (χ4v) is 3.93. The topological polar surface area (TPSA) is 15.3 Å². The van der Waals surface area contributed by atoms with Gasteiger partial charge < -0.3 is 10.2 Å². The lowest BCUT2D eigenvalue weighted by atomic mass is 9.78. The van der Waals surface area contributed by atoms with Crippen molar-refractivity contribution in [1.82, 2.24) is 10.2 Å². The lowest BCUT2D eigenvalue weighted by Crippen LogP contribution is -2.46. The molecule has 4 atom stereocenters.